The molecule has 0 aliphatic heterocycles. The molecule has 5 aromatic heterocycles. The Labute approximate surface area is 804 Å². The molecule has 0 amide bonds. The zero-order chi connectivity index (χ0) is 92.2. The average molecular weight is 1790 g/mol. The lowest BCUT2D eigenvalue weighted by Crippen LogP contribution is -2.11. The predicted molar refractivity (Wildman–Crippen MR) is 587 cm³/mol. The Morgan fingerprint density at radius 3 is 0.864 bits per heavy atom. The first-order valence-corrected chi connectivity index (χ1v) is 47.5. The number of hydrogen-bond acceptors (Lipinski definition) is 8. The van der Waals surface area contributed by atoms with E-state index in [1.165, 1.54) is 109 Å². The fraction of sp³-hybridized carbons (Fsp3) is 0. The lowest BCUT2D eigenvalue weighted by molar-refractivity contribution is 0.668. The molecule has 0 saturated carbocycles. The van der Waals surface area contributed by atoms with E-state index < -0.39 is 0 Å². The van der Waals surface area contributed by atoms with Gasteiger partial charge in [-0.2, -0.15) is 0 Å². The minimum atomic E-state index is 0.863. The normalized spacial score (nSPS) is 11.7. The molecule has 8 nitrogen and oxygen atoms in total. The second kappa shape index (κ2) is 33.7. The summed E-state index contributed by atoms with van der Waals surface area (Å²) in [6.07, 6.45) is 0. The molecule has 140 heavy (non-hydrogen) atoms. The van der Waals surface area contributed by atoms with Crippen LogP contribution in [-0.2, 0) is 0 Å². The number of rotatable bonds is 13. The average Bonchev–Trinajstić information content (AvgIpc) is 1.52. The van der Waals surface area contributed by atoms with Gasteiger partial charge in [-0.15, -0.1) is 0 Å². The van der Waals surface area contributed by atoms with E-state index in [9.17, 15) is 0 Å². The highest BCUT2D eigenvalue weighted by atomic mass is 16.3. The summed E-state index contributed by atoms with van der Waals surface area (Å²) in [7, 11) is 0. The van der Waals surface area contributed by atoms with Crippen molar-refractivity contribution in [2.24, 2.45) is 0 Å². The molecule has 0 aliphatic rings. The van der Waals surface area contributed by atoms with Gasteiger partial charge in [0.15, 0.2) is 5.58 Å². The van der Waals surface area contributed by atoms with Crippen LogP contribution < -0.4 is 14.7 Å². The molecule has 0 saturated heterocycles. The van der Waals surface area contributed by atoms with E-state index in [2.05, 4.69) is 470 Å². The molecule has 0 radical (unpaired) electrons. The van der Waals surface area contributed by atoms with Crippen LogP contribution in [0.25, 0.3) is 219 Å². The topological polar surface area (TPSA) is 75.4 Å². The molecule has 0 fully saturated rings. The van der Waals surface area contributed by atoms with E-state index in [0.29, 0.717) is 0 Å². The van der Waals surface area contributed by atoms with E-state index >= 15 is 0 Å². The van der Waals surface area contributed by atoms with Crippen LogP contribution in [0.1, 0.15) is 0 Å². The van der Waals surface area contributed by atoms with Gasteiger partial charge < -0.3 is 36.8 Å². The fourth-order valence-corrected chi connectivity index (χ4v) is 21.4. The smallest absolute Gasteiger partial charge is 0.159 e. The highest BCUT2D eigenvalue weighted by Gasteiger charge is 2.27. The summed E-state index contributed by atoms with van der Waals surface area (Å²) in [5.74, 6) is 0. The van der Waals surface area contributed by atoms with Crippen LogP contribution in [0.15, 0.2) is 526 Å². The van der Waals surface area contributed by atoms with Gasteiger partial charge in [-0.25, -0.2) is 0 Å². The number of nitrogens with zero attached hydrogens (tertiary/aromatic N) is 3. The number of fused-ring (bicyclic) bond motifs is 27. The molecule has 5 heterocycles. The molecule has 8 heteroatoms. The van der Waals surface area contributed by atoms with Crippen molar-refractivity contribution in [3.05, 3.63) is 504 Å². The molecule has 24 aromatic carbocycles. The zero-order valence-electron chi connectivity index (χ0n) is 75.8. The lowest BCUT2D eigenvalue weighted by atomic mass is 9.96. The van der Waals surface area contributed by atoms with E-state index in [1.807, 2.05) is 48.5 Å². The molecule has 0 bridgehead atoms. The van der Waals surface area contributed by atoms with Gasteiger partial charge in [0, 0.05) is 104 Å². The van der Waals surface area contributed by atoms with Gasteiger partial charge in [0.2, 0.25) is 0 Å². The standard InChI is InChI=1S/2C44H27NO2.C44H29NO/c1-2-9-28(10-3-1)29-19-23-32(24-20-29)45(38-14-8-13-35-34-11-4-6-15-39(34)47-44(35)38)33-25-21-30-17-18-31-22-26-41-43(42(31)37(30)27-33)36-12-5-7-16-40(36)46-41;1-2-9-28(10-3-1)29-19-23-32(24-20-29)45(37-13-8-16-40-43(37)34-11-4-6-14-38(34)46-40)33-25-21-30-17-18-31-22-26-41-44(42(31)36(30)27-33)35-12-5-7-15-39(35)47-41;1-3-12-30(13-4-1)34-16-11-17-35(28-34)45(40-20-9-7-18-37(40)31-14-5-2-6-15-31)36-26-24-32-22-23-33-25-27-42-44(43(33)39(32)29-36)38-19-8-10-21-41(38)46-42/h2*1-27H;1-29H. The van der Waals surface area contributed by atoms with Gasteiger partial charge in [-0.05, 0) is 233 Å². The van der Waals surface area contributed by atoms with Crippen LogP contribution in [0.3, 0.4) is 0 Å². The number of hydrogen-bond donors (Lipinski definition) is 0. The van der Waals surface area contributed by atoms with Crippen LogP contribution in [0.5, 0.6) is 0 Å². The highest BCUT2D eigenvalue weighted by Crippen LogP contribution is 2.52. The first-order chi connectivity index (χ1) is 69.4. The Kier molecular flexibility index (Phi) is 19.5. The first-order valence-electron chi connectivity index (χ1n) is 47.5. The van der Waals surface area contributed by atoms with Crippen LogP contribution >= 0.6 is 0 Å². The summed E-state index contributed by atoms with van der Waals surface area (Å²) >= 11 is 0. The monoisotopic (exact) mass is 1790 g/mol. The summed E-state index contributed by atoms with van der Waals surface area (Å²) in [6, 6.07) is 178. The molecule has 29 rings (SSSR count). The maximum absolute atomic E-state index is 6.60. The number of anilines is 9. The summed E-state index contributed by atoms with van der Waals surface area (Å²) < 4.78 is 32.0. The second-order valence-electron chi connectivity index (χ2n) is 36.0. The van der Waals surface area contributed by atoms with Crippen LogP contribution in [0.2, 0.25) is 0 Å². The Morgan fingerprint density at radius 2 is 0.407 bits per heavy atom. The zero-order valence-corrected chi connectivity index (χ0v) is 75.8. The maximum Gasteiger partial charge on any atom is 0.159 e. The third-order valence-corrected chi connectivity index (χ3v) is 27.9. The molecule has 29 aromatic rings. The summed E-state index contributed by atoms with van der Waals surface area (Å²) in [4.78, 5) is 7.09. The minimum Gasteiger partial charge on any atom is -0.456 e. The molecular weight excluding hydrogens is 1710 g/mol. The van der Waals surface area contributed by atoms with E-state index in [0.717, 1.165) is 161 Å². The quantitative estimate of drug-likeness (QED) is 0.106. The van der Waals surface area contributed by atoms with Gasteiger partial charge in [0.1, 0.15) is 50.2 Å². The van der Waals surface area contributed by atoms with Crippen molar-refractivity contribution in [3.63, 3.8) is 0 Å². The van der Waals surface area contributed by atoms with Crippen LogP contribution in [-0.4, -0.2) is 0 Å². The van der Waals surface area contributed by atoms with Crippen molar-refractivity contribution in [1.82, 2.24) is 0 Å². The minimum absolute atomic E-state index is 0.863. The van der Waals surface area contributed by atoms with Crippen molar-refractivity contribution in [2.45, 2.75) is 0 Å². The number of furan rings is 5. The largest absolute Gasteiger partial charge is 0.456 e. The van der Waals surface area contributed by atoms with Crippen molar-refractivity contribution in [1.29, 1.82) is 0 Å². The van der Waals surface area contributed by atoms with E-state index in [1.54, 1.807) is 0 Å². The lowest BCUT2D eigenvalue weighted by Gasteiger charge is -2.28. The van der Waals surface area contributed by atoms with E-state index in [-0.39, 0.29) is 0 Å². The molecule has 656 valence electrons. The summed E-state index contributed by atoms with van der Waals surface area (Å²) in [5.41, 5.74) is 28.0. The van der Waals surface area contributed by atoms with Gasteiger partial charge >= 0.3 is 0 Å². The van der Waals surface area contributed by atoms with Gasteiger partial charge in [0.05, 0.1) is 22.4 Å². The van der Waals surface area contributed by atoms with Crippen molar-refractivity contribution in [3.8, 4) is 44.5 Å². The Bertz CT molecular complexity index is 9900. The van der Waals surface area contributed by atoms with Crippen LogP contribution in [0, 0.1) is 0 Å². The summed E-state index contributed by atoms with van der Waals surface area (Å²) in [6.45, 7) is 0. The molecule has 0 N–H and O–H groups in total. The van der Waals surface area contributed by atoms with Gasteiger partial charge in [-0.1, -0.05) is 358 Å². The Hall–Kier alpha value is -18.8. The predicted octanol–water partition coefficient (Wildman–Crippen LogP) is 38.6. The molecule has 0 aliphatic carbocycles. The number of para-hydroxylation sites is 7. The van der Waals surface area contributed by atoms with Gasteiger partial charge in [0.25, 0.3) is 0 Å². The van der Waals surface area contributed by atoms with E-state index in [4.69, 9.17) is 22.1 Å². The van der Waals surface area contributed by atoms with Crippen molar-refractivity contribution >= 4 is 226 Å². The Morgan fingerprint density at radius 1 is 0.129 bits per heavy atom. The summed E-state index contributed by atoms with van der Waals surface area (Å²) in [5, 5.41) is 25.6. The van der Waals surface area contributed by atoms with Crippen molar-refractivity contribution in [2.75, 3.05) is 14.7 Å². The third-order valence-electron chi connectivity index (χ3n) is 27.9. The Balaban J connectivity index is 0.000000105. The second-order valence-corrected chi connectivity index (χ2v) is 36.0. The fourth-order valence-electron chi connectivity index (χ4n) is 21.4. The molecule has 0 unspecified atom stereocenters. The highest BCUT2D eigenvalue weighted by molar-refractivity contribution is 6.30. The molecule has 0 spiro atoms. The maximum atomic E-state index is 6.60. The first kappa shape index (κ1) is 80.9. The van der Waals surface area contributed by atoms with Crippen molar-refractivity contribution < 1.29 is 22.1 Å². The van der Waals surface area contributed by atoms with Gasteiger partial charge in [-0.3, -0.25) is 0 Å². The SMILES string of the molecule is c1ccc(-c2ccc(N(c3ccc4ccc5ccc6oc7ccccc7c6c5c4c3)c3cccc4c3oc3ccccc34)cc2)cc1.c1ccc(-c2ccc(N(c3ccc4ccc5ccc6oc7ccccc7c6c5c4c3)c3cccc4oc5ccccc5c34)cc2)cc1.c1ccc(-c2cccc(N(c3ccc4ccc5ccc6oc7ccccc7c6c5c4c3)c3ccccc3-c3ccccc3)c2)cc1. The van der Waals surface area contributed by atoms with Crippen LogP contribution in [0.4, 0.5) is 51.2 Å². The number of benzene rings is 24. The molecule has 0 atom stereocenters. The molecular formula is C132H83N3O5. The third kappa shape index (κ3) is 13.9.